The highest BCUT2D eigenvalue weighted by molar-refractivity contribution is 5.90. The van der Waals surface area contributed by atoms with Gasteiger partial charge in [-0.25, -0.2) is 9.59 Å². The molecule has 7 nitrogen and oxygen atoms in total. The van der Waals surface area contributed by atoms with E-state index in [0.717, 1.165) is 18.4 Å². The van der Waals surface area contributed by atoms with E-state index in [1.165, 1.54) is 0 Å². The van der Waals surface area contributed by atoms with E-state index in [0.29, 0.717) is 24.2 Å². The van der Waals surface area contributed by atoms with Crippen LogP contribution in [0.2, 0.25) is 0 Å². The van der Waals surface area contributed by atoms with Crippen LogP contribution in [0.25, 0.3) is 0 Å². The van der Waals surface area contributed by atoms with Crippen LogP contribution in [0, 0.1) is 0 Å². The Hall–Kier alpha value is -3.52. The molecule has 0 aliphatic carbocycles. The maximum absolute atomic E-state index is 12.9. The molecule has 0 radical (unpaired) electrons. The van der Waals surface area contributed by atoms with Gasteiger partial charge in [0.05, 0.1) is 29.9 Å². The number of carbonyl (C=O) groups is 2. The second kappa shape index (κ2) is 14.6. The molecule has 1 fully saturated rings. The summed E-state index contributed by atoms with van der Waals surface area (Å²) in [4.78, 5) is 25.6. The lowest BCUT2D eigenvalue weighted by Gasteiger charge is -2.25. The number of rotatable bonds is 13. The van der Waals surface area contributed by atoms with Crippen LogP contribution in [0.3, 0.4) is 0 Å². The molecular weight excluding hydrogens is 496 g/mol. The lowest BCUT2D eigenvalue weighted by Crippen LogP contribution is -2.38. The van der Waals surface area contributed by atoms with Gasteiger partial charge in [0.2, 0.25) is 0 Å². The van der Waals surface area contributed by atoms with Crippen molar-refractivity contribution in [3.63, 3.8) is 0 Å². The Bertz CT molecular complexity index is 1150. The maximum atomic E-state index is 12.9. The van der Waals surface area contributed by atoms with Crippen molar-refractivity contribution < 1.29 is 33.6 Å². The van der Waals surface area contributed by atoms with Crippen LogP contribution in [0.1, 0.15) is 58.9 Å². The summed E-state index contributed by atoms with van der Waals surface area (Å²) in [6.45, 7) is 2.23. The first-order valence-corrected chi connectivity index (χ1v) is 13.5. The Morgan fingerprint density at radius 2 is 1.44 bits per heavy atom. The van der Waals surface area contributed by atoms with Gasteiger partial charge >= 0.3 is 11.9 Å². The minimum absolute atomic E-state index is 0.159. The van der Waals surface area contributed by atoms with Crippen LogP contribution in [0.15, 0.2) is 91.0 Å². The summed E-state index contributed by atoms with van der Waals surface area (Å²) < 4.78 is 23.8. The summed E-state index contributed by atoms with van der Waals surface area (Å²) in [5.74, 6) is -1.04. The van der Waals surface area contributed by atoms with E-state index in [1.54, 1.807) is 48.5 Å². The molecule has 1 aliphatic heterocycles. The van der Waals surface area contributed by atoms with Crippen LogP contribution in [-0.4, -0.2) is 54.2 Å². The zero-order valence-electron chi connectivity index (χ0n) is 22.2. The molecule has 0 spiro atoms. The van der Waals surface area contributed by atoms with E-state index < -0.39 is 42.5 Å². The molecule has 0 bridgehead atoms. The quantitative estimate of drug-likeness (QED) is 0.296. The van der Waals surface area contributed by atoms with Crippen molar-refractivity contribution in [3.8, 4) is 0 Å². The number of esters is 2. The van der Waals surface area contributed by atoms with Crippen molar-refractivity contribution in [2.75, 3.05) is 6.61 Å². The predicted molar refractivity (Wildman–Crippen MR) is 146 cm³/mol. The molecular formula is C32H36O7. The average Bonchev–Trinajstić information content (AvgIpc) is 3.28. The van der Waals surface area contributed by atoms with E-state index in [1.807, 2.05) is 42.5 Å². The summed E-state index contributed by atoms with van der Waals surface area (Å²) in [7, 11) is 0. The average molecular weight is 533 g/mol. The smallest absolute Gasteiger partial charge is 0.338 e. The van der Waals surface area contributed by atoms with Gasteiger partial charge in [-0.1, -0.05) is 86.5 Å². The molecule has 1 aliphatic rings. The molecule has 1 heterocycles. The largest absolute Gasteiger partial charge is 0.458 e. The monoisotopic (exact) mass is 532 g/mol. The Morgan fingerprint density at radius 1 is 0.846 bits per heavy atom. The van der Waals surface area contributed by atoms with Gasteiger partial charge in [0, 0.05) is 6.42 Å². The van der Waals surface area contributed by atoms with Gasteiger partial charge < -0.3 is 24.1 Å². The van der Waals surface area contributed by atoms with Gasteiger partial charge in [-0.05, 0) is 36.2 Å². The van der Waals surface area contributed by atoms with Crippen LogP contribution < -0.4 is 0 Å². The Balaban J connectivity index is 1.49. The third kappa shape index (κ3) is 8.23. The van der Waals surface area contributed by atoms with Gasteiger partial charge in [0.25, 0.3) is 0 Å². The van der Waals surface area contributed by atoms with Gasteiger partial charge in [-0.15, -0.1) is 0 Å². The van der Waals surface area contributed by atoms with Gasteiger partial charge in [-0.3, -0.25) is 0 Å². The normalized spacial score (nSPS) is 21.3. The second-order valence-corrected chi connectivity index (χ2v) is 9.70. The van der Waals surface area contributed by atoms with Crippen molar-refractivity contribution in [1.29, 1.82) is 0 Å². The van der Waals surface area contributed by atoms with Crippen molar-refractivity contribution in [1.82, 2.24) is 0 Å². The number of hydrogen-bond donors (Lipinski definition) is 1. The number of aliphatic hydroxyl groups excluding tert-OH is 1. The molecule has 0 amide bonds. The van der Waals surface area contributed by atoms with Crippen LogP contribution >= 0.6 is 0 Å². The first-order valence-electron chi connectivity index (χ1n) is 13.5. The SMILES string of the molecule is CCCC[C@@H]1O[C@H](C[C@@H](COC(=O)c2ccccc2)OC(=O)c2ccccc2)[C@H](OCc2ccccc2)C1O. The fourth-order valence-electron chi connectivity index (χ4n) is 4.65. The maximum Gasteiger partial charge on any atom is 0.338 e. The van der Waals surface area contributed by atoms with Gasteiger partial charge in [0.15, 0.2) is 0 Å². The Kier molecular flexibility index (Phi) is 10.7. The van der Waals surface area contributed by atoms with E-state index >= 15 is 0 Å². The van der Waals surface area contributed by atoms with E-state index in [4.69, 9.17) is 18.9 Å². The molecule has 7 heteroatoms. The van der Waals surface area contributed by atoms with Crippen LogP contribution in [-0.2, 0) is 25.6 Å². The third-order valence-corrected chi connectivity index (χ3v) is 6.75. The highest BCUT2D eigenvalue weighted by Crippen LogP contribution is 2.31. The molecule has 3 aromatic rings. The number of unbranched alkanes of at least 4 members (excludes halogenated alkanes) is 1. The van der Waals surface area contributed by atoms with Crippen LogP contribution in [0.4, 0.5) is 0 Å². The number of benzene rings is 3. The summed E-state index contributed by atoms with van der Waals surface area (Å²) in [6, 6.07) is 27.0. The van der Waals surface area contributed by atoms with Gasteiger partial charge in [-0.2, -0.15) is 0 Å². The molecule has 4 rings (SSSR count). The van der Waals surface area contributed by atoms with Crippen molar-refractivity contribution >= 4 is 11.9 Å². The van der Waals surface area contributed by atoms with Crippen molar-refractivity contribution in [2.45, 2.75) is 69.7 Å². The molecule has 1 saturated heterocycles. The molecule has 5 atom stereocenters. The molecule has 1 unspecified atom stereocenters. The minimum Gasteiger partial charge on any atom is -0.458 e. The summed E-state index contributed by atoms with van der Waals surface area (Å²) in [5.41, 5.74) is 1.77. The molecule has 3 aromatic carbocycles. The summed E-state index contributed by atoms with van der Waals surface area (Å²) in [6.07, 6.45) is -0.465. The predicted octanol–water partition coefficient (Wildman–Crippen LogP) is 5.36. The highest BCUT2D eigenvalue weighted by Gasteiger charge is 2.45. The third-order valence-electron chi connectivity index (χ3n) is 6.75. The highest BCUT2D eigenvalue weighted by atomic mass is 16.6. The van der Waals surface area contributed by atoms with E-state index in [2.05, 4.69) is 6.92 Å². The first kappa shape index (κ1) is 28.5. The molecule has 206 valence electrons. The Labute approximate surface area is 229 Å². The fraction of sp³-hybridized carbons (Fsp3) is 0.375. The van der Waals surface area contributed by atoms with E-state index in [9.17, 15) is 14.7 Å². The number of ether oxygens (including phenoxy) is 4. The molecule has 1 N–H and O–H groups in total. The number of hydrogen-bond acceptors (Lipinski definition) is 7. The lowest BCUT2D eigenvalue weighted by molar-refractivity contribution is -0.0694. The zero-order valence-corrected chi connectivity index (χ0v) is 22.2. The van der Waals surface area contributed by atoms with Gasteiger partial charge in [0.1, 0.15) is 24.9 Å². The summed E-state index contributed by atoms with van der Waals surface area (Å²) >= 11 is 0. The number of carbonyl (C=O) groups excluding carboxylic acids is 2. The van der Waals surface area contributed by atoms with Crippen LogP contribution in [0.5, 0.6) is 0 Å². The first-order chi connectivity index (χ1) is 19.0. The molecule has 0 saturated carbocycles. The van der Waals surface area contributed by atoms with E-state index in [-0.39, 0.29) is 13.0 Å². The minimum atomic E-state index is -0.831. The fourth-order valence-corrected chi connectivity index (χ4v) is 4.65. The standard InChI is InChI=1S/C32H36O7/c1-2-3-19-27-29(33)30(36-21-23-13-7-4-8-14-23)28(39-27)20-26(38-32(35)25-17-11-6-12-18-25)22-37-31(34)24-15-9-5-10-16-24/h4-18,26-30,33H,2-3,19-22H2,1H3/t26-,27-,28+,29?,30-/m0/s1. The zero-order chi connectivity index (χ0) is 27.5. The molecule has 0 aromatic heterocycles. The lowest BCUT2D eigenvalue weighted by atomic mass is 10.0. The Morgan fingerprint density at radius 3 is 2.05 bits per heavy atom. The molecule has 39 heavy (non-hydrogen) atoms. The number of aliphatic hydroxyl groups is 1. The topological polar surface area (TPSA) is 91.3 Å². The second-order valence-electron chi connectivity index (χ2n) is 9.70. The van der Waals surface area contributed by atoms with Crippen molar-refractivity contribution in [3.05, 3.63) is 108 Å². The van der Waals surface area contributed by atoms with Crippen molar-refractivity contribution in [2.24, 2.45) is 0 Å². The summed E-state index contributed by atoms with van der Waals surface area (Å²) in [5, 5.41) is 11.1.